The second kappa shape index (κ2) is 7.06. The number of alkyl halides is 3. The summed E-state index contributed by atoms with van der Waals surface area (Å²) in [6.07, 6.45) is -2.04. The van der Waals surface area contributed by atoms with Crippen molar-refractivity contribution in [3.05, 3.63) is 15.6 Å². The number of aromatic nitrogens is 1. The molecule has 0 radical (unpaired) electrons. The molecule has 0 saturated heterocycles. The van der Waals surface area contributed by atoms with Crippen molar-refractivity contribution in [2.24, 2.45) is 5.73 Å². The molecule has 0 spiro atoms. The van der Waals surface area contributed by atoms with Gasteiger partial charge in [0, 0.05) is 17.8 Å². The maximum atomic E-state index is 11.9. The van der Waals surface area contributed by atoms with Crippen LogP contribution in [0.4, 0.5) is 13.2 Å². The summed E-state index contributed by atoms with van der Waals surface area (Å²) in [5.74, 6) is 0. The first-order valence-corrected chi connectivity index (χ1v) is 6.60. The Balaban J connectivity index is 2.42. The van der Waals surface area contributed by atoms with E-state index in [2.05, 4.69) is 9.72 Å². The van der Waals surface area contributed by atoms with Crippen LogP contribution in [0.25, 0.3) is 0 Å². The van der Waals surface area contributed by atoms with Crippen LogP contribution in [0.1, 0.15) is 28.9 Å². The summed E-state index contributed by atoms with van der Waals surface area (Å²) < 4.78 is 40.1. The fraction of sp³-hybridized carbons (Fsp3) is 0.727. The maximum absolute atomic E-state index is 11.9. The largest absolute Gasteiger partial charge is 0.411 e. The third-order valence-electron chi connectivity index (χ3n) is 2.22. The predicted molar refractivity (Wildman–Crippen MR) is 64.6 cm³/mol. The van der Waals surface area contributed by atoms with E-state index >= 15 is 0 Å². The molecule has 0 saturated carbocycles. The summed E-state index contributed by atoms with van der Waals surface area (Å²) in [6.45, 7) is 1.30. The van der Waals surface area contributed by atoms with Crippen LogP contribution in [0.15, 0.2) is 0 Å². The van der Waals surface area contributed by atoms with Gasteiger partial charge in [-0.25, -0.2) is 4.98 Å². The van der Waals surface area contributed by atoms with Crippen molar-refractivity contribution in [3.8, 4) is 0 Å². The summed E-state index contributed by atoms with van der Waals surface area (Å²) in [4.78, 5) is 5.40. The van der Waals surface area contributed by atoms with Gasteiger partial charge < -0.3 is 10.5 Å². The number of nitrogens with two attached hydrogens (primary N) is 1. The first-order chi connectivity index (χ1) is 8.46. The van der Waals surface area contributed by atoms with Crippen LogP contribution in [-0.2, 0) is 24.1 Å². The highest BCUT2D eigenvalue weighted by atomic mass is 32.1. The van der Waals surface area contributed by atoms with Gasteiger partial charge in [-0.3, -0.25) is 0 Å². The minimum Gasteiger partial charge on any atom is -0.372 e. The smallest absolute Gasteiger partial charge is 0.372 e. The highest BCUT2D eigenvalue weighted by molar-refractivity contribution is 7.11. The molecule has 0 atom stereocenters. The Morgan fingerprint density at radius 3 is 2.61 bits per heavy atom. The van der Waals surface area contributed by atoms with Crippen molar-refractivity contribution in [2.45, 2.75) is 38.9 Å². The lowest BCUT2D eigenvalue weighted by molar-refractivity contribution is -0.173. The average Bonchev–Trinajstić information content (AvgIpc) is 2.66. The van der Waals surface area contributed by atoms with Crippen molar-refractivity contribution in [1.29, 1.82) is 0 Å². The lowest BCUT2D eigenvalue weighted by Gasteiger charge is -2.06. The molecule has 0 unspecified atom stereocenters. The summed E-state index contributed by atoms with van der Waals surface area (Å²) in [6, 6.07) is 0. The highest BCUT2D eigenvalue weighted by Gasteiger charge is 2.27. The van der Waals surface area contributed by atoms with E-state index in [9.17, 15) is 13.2 Å². The van der Waals surface area contributed by atoms with Crippen molar-refractivity contribution in [1.82, 2.24) is 4.98 Å². The van der Waals surface area contributed by atoms with Gasteiger partial charge in [0.25, 0.3) is 0 Å². The number of halogens is 3. The van der Waals surface area contributed by atoms with Crippen LogP contribution < -0.4 is 5.73 Å². The van der Waals surface area contributed by atoms with Crippen LogP contribution in [0.2, 0.25) is 0 Å². The van der Waals surface area contributed by atoms with E-state index < -0.39 is 12.8 Å². The molecule has 0 aliphatic carbocycles. The third-order valence-corrected chi connectivity index (χ3v) is 3.40. The Kier molecular flexibility index (Phi) is 6.04. The molecule has 1 aromatic rings. The van der Waals surface area contributed by atoms with E-state index in [0.717, 1.165) is 28.4 Å². The maximum Gasteiger partial charge on any atom is 0.411 e. The molecule has 18 heavy (non-hydrogen) atoms. The standard InChI is InChI=1S/C11H17F3N2OS/c1-2-3-8-9(6-15)18-10(16-8)4-5-17-7-11(12,13)14/h2-7,15H2,1H3. The van der Waals surface area contributed by atoms with Crippen LogP contribution >= 0.6 is 11.3 Å². The summed E-state index contributed by atoms with van der Waals surface area (Å²) >= 11 is 1.46. The SMILES string of the molecule is CCCc1nc(CCOCC(F)(F)F)sc1CN. The number of ether oxygens (including phenoxy) is 1. The second-order valence-corrected chi connectivity index (χ2v) is 5.02. The van der Waals surface area contributed by atoms with Gasteiger partial charge in [-0.05, 0) is 6.42 Å². The summed E-state index contributed by atoms with van der Waals surface area (Å²) in [7, 11) is 0. The van der Waals surface area contributed by atoms with E-state index in [-0.39, 0.29) is 6.61 Å². The molecule has 2 N–H and O–H groups in total. The lowest BCUT2D eigenvalue weighted by atomic mass is 10.2. The van der Waals surface area contributed by atoms with Gasteiger partial charge in [-0.1, -0.05) is 13.3 Å². The molecule has 3 nitrogen and oxygen atoms in total. The Morgan fingerprint density at radius 1 is 1.33 bits per heavy atom. The lowest BCUT2D eigenvalue weighted by Crippen LogP contribution is -2.17. The van der Waals surface area contributed by atoms with E-state index in [1.54, 1.807) is 0 Å². The molecule has 1 heterocycles. The second-order valence-electron chi connectivity index (χ2n) is 3.85. The molecule has 0 amide bonds. The van der Waals surface area contributed by atoms with E-state index in [4.69, 9.17) is 5.73 Å². The summed E-state index contributed by atoms with van der Waals surface area (Å²) in [5, 5.41) is 0.793. The highest BCUT2D eigenvalue weighted by Crippen LogP contribution is 2.20. The molecule has 1 rings (SSSR count). The van der Waals surface area contributed by atoms with Crippen molar-refractivity contribution < 1.29 is 17.9 Å². The van der Waals surface area contributed by atoms with E-state index in [1.807, 2.05) is 6.92 Å². The Morgan fingerprint density at radius 2 is 2.06 bits per heavy atom. The molecular formula is C11H17F3N2OS. The zero-order valence-corrected chi connectivity index (χ0v) is 11.0. The number of rotatable bonds is 7. The average molecular weight is 282 g/mol. The zero-order valence-electron chi connectivity index (χ0n) is 10.2. The van der Waals surface area contributed by atoms with Gasteiger partial charge >= 0.3 is 6.18 Å². The first-order valence-electron chi connectivity index (χ1n) is 5.78. The van der Waals surface area contributed by atoms with Crippen LogP contribution in [0.3, 0.4) is 0 Å². The fourth-order valence-electron chi connectivity index (χ4n) is 1.48. The zero-order chi connectivity index (χ0) is 13.6. The third kappa shape index (κ3) is 5.32. The molecule has 0 aromatic carbocycles. The quantitative estimate of drug-likeness (QED) is 0.782. The minimum atomic E-state index is -4.27. The Labute approximate surface area is 108 Å². The van der Waals surface area contributed by atoms with Crippen LogP contribution in [0.5, 0.6) is 0 Å². The van der Waals surface area contributed by atoms with E-state index in [1.165, 1.54) is 11.3 Å². The van der Waals surface area contributed by atoms with Crippen molar-refractivity contribution in [3.63, 3.8) is 0 Å². The minimum absolute atomic E-state index is 0.0304. The molecule has 104 valence electrons. The summed E-state index contributed by atoms with van der Waals surface area (Å²) in [5.41, 5.74) is 6.56. The Bertz CT molecular complexity index is 366. The van der Waals surface area contributed by atoms with Crippen LogP contribution in [0, 0.1) is 0 Å². The van der Waals surface area contributed by atoms with Gasteiger partial charge in [-0.15, -0.1) is 11.3 Å². The Hall–Kier alpha value is -0.660. The first kappa shape index (κ1) is 15.4. The molecule has 0 aliphatic heterocycles. The van der Waals surface area contributed by atoms with Gasteiger partial charge in [0.1, 0.15) is 6.61 Å². The van der Waals surface area contributed by atoms with Crippen molar-refractivity contribution in [2.75, 3.05) is 13.2 Å². The number of hydrogen-bond acceptors (Lipinski definition) is 4. The predicted octanol–water partition coefficient (Wildman–Crippen LogP) is 2.68. The van der Waals surface area contributed by atoms with Gasteiger partial charge in [0.05, 0.1) is 17.3 Å². The molecule has 1 aromatic heterocycles. The van der Waals surface area contributed by atoms with Gasteiger partial charge in [-0.2, -0.15) is 13.2 Å². The molecule has 0 aliphatic rings. The van der Waals surface area contributed by atoms with Crippen molar-refractivity contribution >= 4 is 11.3 Å². The molecule has 7 heteroatoms. The monoisotopic (exact) mass is 282 g/mol. The van der Waals surface area contributed by atoms with Gasteiger partial charge in [0.15, 0.2) is 0 Å². The van der Waals surface area contributed by atoms with Gasteiger partial charge in [0.2, 0.25) is 0 Å². The molecular weight excluding hydrogens is 265 g/mol. The number of thiazole rings is 1. The number of nitrogens with zero attached hydrogens (tertiary/aromatic N) is 1. The fourth-order valence-corrected chi connectivity index (χ4v) is 2.46. The number of hydrogen-bond donors (Lipinski definition) is 1. The normalized spacial score (nSPS) is 12.1. The molecule has 0 fully saturated rings. The topological polar surface area (TPSA) is 48.1 Å². The van der Waals surface area contributed by atoms with Crippen LogP contribution in [-0.4, -0.2) is 24.4 Å². The number of aryl methyl sites for hydroxylation is 1. The molecule has 0 bridgehead atoms. The van der Waals surface area contributed by atoms with E-state index in [0.29, 0.717) is 13.0 Å².